The van der Waals surface area contributed by atoms with Gasteiger partial charge in [-0.15, -0.1) is 0 Å². The van der Waals surface area contributed by atoms with Crippen molar-refractivity contribution in [2.75, 3.05) is 20.3 Å². The lowest BCUT2D eigenvalue weighted by Gasteiger charge is -2.36. The minimum atomic E-state index is -0.132. The second-order valence-corrected chi connectivity index (χ2v) is 6.33. The zero-order valence-electron chi connectivity index (χ0n) is 14.1. The molecule has 2 heterocycles. The summed E-state index contributed by atoms with van der Waals surface area (Å²) in [7, 11) is 1.69. The number of hydrogen-bond donors (Lipinski definition) is 0. The maximum atomic E-state index is 12.9. The highest BCUT2D eigenvalue weighted by molar-refractivity contribution is 5.82. The number of para-hydroxylation sites is 1. The molecule has 0 spiro atoms. The average Bonchev–Trinajstić information content (AvgIpc) is 2.62. The third-order valence-corrected chi connectivity index (χ3v) is 4.80. The van der Waals surface area contributed by atoms with Crippen LogP contribution in [0.4, 0.5) is 0 Å². The first-order valence-corrected chi connectivity index (χ1v) is 8.57. The van der Waals surface area contributed by atoms with Crippen LogP contribution in [0.1, 0.15) is 25.7 Å². The largest absolute Gasteiger partial charge is 0.385 e. The van der Waals surface area contributed by atoms with Crippen molar-refractivity contribution in [2.45, 2.75) is 38.3 Å². The SMILES string of the molecule is COCCC1CCCCN1C(=O)Cn1c(=O)ccc2ccccc21. The highest BCUT2D eigenvalue weighted by Gasteiger charge is 2.26. The molecule has 1 aliphatic rings. The number of fused-ring (bicyclic) bond motifs is 1. The number of amides is 1. The van der Waals surface area contributed by atoms with Crippen LogP contribution >= 0.6 is 0 Å². The van der Waals surface area contributed by atoms with Crippen molar-refractivity contribution >= 4 is 16.8 Å². The second kappa shape index (κ2) is 7.62. The standard InChI is InChI=1S/C19H24N2O3/c1-24-13-11-16-7-4-5-12-20(16)19(23)14-21-17-8-3-2-6-15(17)9-10-18(21)22/h2-3,6,8-10,16H,4-5,7,11-14H2,1H3. The zero-order valence-corrected chi connectivity index (χ0v) is 14.1. The molecule has 1 unspecified atom stereocenters. The molecule has 0 radical (unpaired) electrons. The van der Waals surface area contributed by atoms with Gasteiger partial charge in [0.2, 0.25) is 5.91 Å². The highest BCUT2D eigenvalue weighted by Crippen LogP contribution is 2.20. The van der Waals surface area contributed by atoms with Crippen LogP contribution in [0.2, 0.25) is 0 Å². The Morgan fingerprint density at radius 2 is 2.04 bits per heavy atom. The Bertz CT molecular complexity index is 769. The van der Waals surface area contributed by atoms with Crippen LogP contribution in [0.5, 0.6) is 0 Å². The van der Waals surface area contributed by atoms with Crippen molar-refractivity contribution in [3.8, 4) is 0 Å². The van der Waals surface area contributed by atoms with Gasteiger partial charge in [0, 0.05) is 32.4 Å². The first-order chi connectivity index (χ1) is 11.7. The quantitative estimate of drug-likeness (QED) is 0.847. The summed E-state index contributed by atoms with van der Waals surface area (Å²) in [5.74, 6) is 0.0225. The fraction of sp³-hybridized carbons (Fsp3) is 0.474. The zero-order chi connectivity index (χ0) is 16.9. The van der Waals surface area contributed by atoms with Gasteiger partial charge in [-0.3, -0.25) is 14.2 Å². The van der Waals surface area contributed by atoms with Crippen molar-refractivity contribution in [3.05, 3.63) is 46.8 Å². The molecule has 0 aliphatic carbocycles. The number of pyridine rings is 1. The molecule has 1 aromatic carbocycles. The van der Waals surface area contributed by atoms with Crippen LogP contribution in [0, 0.1) is 0 Å². The van der Waals surface area contributed by atoms with E-state index in [1.54, 1.807) is 17.7 Å². The average molecular weight is 328 g/mol. The second-order valence-electron chi connectivity index (χ2n) is 6.33. The van der Waals surface area contributed by atoms with Gasteiger partial charge in [0.25, 0.3) is 5.56 Å². The van der Waals surface area contributed by atoms with Crippen molar-refractivity contribution < 1.29 is 9.53 Å². The normalized spacial score (nSPS) is 18.0. The minimum Gasteiger partial charge on any atom is -0.385 e. The molecule has 3 rings (SSSR count). The van der Waals surface area contributed by atoms with E-state index in [-0.39, 0.29) is 24.1 Å². The molecule has 128 valence electrons. The highest BCUT2D eigenvalue weighted by atomic mass is 16.5. The topological polar surface area (TPSA) is 51.5 Å². The molecule has 1 amide bonds. The minimum absolute atomic E-state index is 0.0225. The Kier molecular flexibility index (Phi) is 5.30. The summed E-state index contributed by atoms with van der Waals surface area (Å²) in [6.07, 6.45) is 4.04. The van der Waals surface area contributed by atoms with E-state index in [1.165, 1.54) is 6.07 Å². The number of piperidine rings is 1. The molecule has 1 fully saturated rings. The summed E-state index contributed by atoms with van der Waals surface area (Å²) >= 11 is 0. The number of ether oxygens (including phenoxy) is 1. The molecule has 1 saturated heterocycles. The van der Waals surface area contributed by atoms with Gasteiger partial charge in [-0.2, -0.15) is 0 Å². The molecule has 1 atom stereocenters. The lowest BCUT2D eigenvalue weighted by atomic mass is 9.99. The van der Waals surface area contributed by atoms with Crippen LogP contribution in [0.15, 0.2) is 41.2 Å². The van der Waals surface area contributed by atoms with Gasteiger partial charge < -0.3 is 9.64 Å². The predicted octanol–water partition coefficient (Wildman–Crippen LogP) is 2.42. The first-order valence-electron chi connectivity index (χ1n) is 8.57. The third kappa shape index (κ3) is 3.51. The summed E-state index contributed by atoms with van der Waals surface area (Å²) in [6.45, 7) is 1.53. The van der Waals surface area contributed by atoms with E-state index in [4.69, 9.17) is 4.74 Å². The van der Waals surface area contributed by atoms with Gasteiger partial charge >= 0.3 is 0 Å². The molecule has 1 aliphatic heterocycles. The van der Waals surface area contributed by atoms with Crippen molar-refractivity contribution in [2.24, 2.45) is 0 Å². The summed E-state index contributed by atoms with van der Waals surface area (Å²) < 4.78 is 6.76. The summed E-state index contributed by atoms with van der Waals surface area (Å²) in [6, 6.07) is 11.2. The molecule has 1 aromatic heterocycles. The number of carbonyl (C=O) groups is 1. The van der Waals surface area contributed by atoms with Crippen LogP contribution in [0.25, 0.3) is 10.9 Å². The van der Waals surface area contributed by atoms with E-state index < -0.39 is 0 Å². The van der Waals surface area contributed by atoms with Gasteiger partial charge in [-0.1, -0.05) is 18.2 Å². The fourth-order valence-electron chi connectivity index (χ4n) is 3.52. The number of benzene rings is 1. The number of nitrogens with zero attached hydrogens (tertiary/aromatic N) is 2. The predicted molar refractivity (Wildman–Crippen MR) is 94.1 cm³/mol. The molecular formula is C19H24N2O3. The molecular weight excluding hydrogens is 304 g/mol. The molecule has 0 saturated carbocycles. The molecule has 0 bridgehead atoms. The number of aromatic nitrogens is 1. The Morgan fingerprint density at radius 3 is 2.88 bits per heavy atom. The van der Waals surface area contributed by atoms with Crippen molar-refractivity contribution in [1.29, 1.82) is 0 Å². The van der Waals surface area contributed by atoms with Gasteiger partial charge in [-0.05, 0) is 43.2 Å². The van der Waals surface area contributed by atoms with Crippen LogP contribution in [-0.4, -0.2) is 41.7 Å². The van der Waals surface area contributed by atoms with Gasteiger partial charge in [0.05, 0.1) is 5.52 Å². The number of hydrogen-bond acceptors (Lipinski definition) is 3. The molecule has 0 N–H and O–H groups in total. The van der Waals surface area contributed by atoms with Crippen LogP contribution in [-0.2, 0) is 16.1 Å². The number of methoxy groups -OCH3 is 1. The Morgan fingerprint density at radius 1 is 1.21 bits per heavy atom. The fourth-order valence-corrected chi connectivity index (χ4v) is 3.52. The van der Waals surface area contributed by atoms with Gasteiger partial charge in [0.15, 0.2) is 0 Å². The lowest BCUT2D eigenvalue weighted by molar-refractivity contribution is -0.135. The molecule has 2 aromatic rings. The Balaban J connectivity index is 1.83. The summed E-state index contributed by atoms with van der Waals surface area (Å²) in [4.78, 5) is 27.1. The van der Waals surface area contributed by atoms with E-state index in [9.17, 15) is 9.59 Å². The van der Waals surface area contributed by atoms with Gasteiger partial charge in [-0.25, -0.2) is 0 Å². The molecule has 5 heteroatoms. The van der Waals surface area contributed by atoms with E-state index in [2.05, 4.69) is 0 Å². The molecule has 5 nitrogen and oxygen atoms in total. The van der Waals surface area contributed by atoms with Crippen LogP contribution in [0.3, 0.4) is 0 Å². The number of likely N-dealkylation sites (tertiary alicyclic amines) is 1. The monoisotopic (exact) mass is 328 g/mol. The maximum Gasteiger partial charge on any atom is 0.251 e. The number of rotatable bonds is 5. The summed E-state index contributed by atoms with van der Waals surface area (Å²) in [5.41, 5.74) is 0.677. The van der Waals surface area contributed by atoms with E-state index in [0.29, 0.717) is 6.61 Å². The summed E-state index contributed by atoms with van der Waals surface area (Å²) in [5, 5.41) is 0.972. The van der Waals surface area contributed by atoms with E-state index in [1.807, 2.05) is 29.2 Å². The lowest BCUT2D eigenvalue weighted by Crippen LogP contribution is -2.46. The third-order valence-electron chi connectivity index (χ3n) is 4.80. The Labute approximate surface area is 141 Å². The van der Waals surface area contributed by atoms with Crippen molar-refractivity contribution in [1.82, 2.24) is 9.47 Å². The molecule has 24 heavy (non-hydrogen) atoms. The smallest absolute Gasteiger partial charge is 0.251 e. The van der Waals surface area contributed by atoms with Crippen LogP contribution < -0.4 is 5.56 Å². The van der Waals surface area contributed by atoms with E-state index in [0.717, 1.165) is 43.1 Å². The first kappa shape index (κ1) is 16.7. The van der Waals surface area contributed by atoms with E-state index >= 15 is 0 Å². The van der Waals surface area contributed by atoms with Crippen molar-refractivity contribution in [3.63, 3.8) is 0 Å². The van der Waals surface area contributed by atoms with Gasteiger partial charge in [0.1, 0.15) is 6.54 Å². The number of carbonyl (C=O) groups excluding carboxylic acids is 1. The maximum absolute atomic E-state index is 12.9. The Hall–Kier alpha value is -2.14.